The Kier molecular flexibility index (Phi) is 3.90. The molecule has 0 saturated heterocycles. The van der Waals surface area contributed by atoms with Crippen molar-refractivity contribution in [2.45, 2.75) is 0 Å². The number of esters is 1. The molecule has 0 spiro atoms. The van der Waals surface area contributed by atoms with Gasteiger partial charge < -0.3 is 4.74 Å². The van der Waals surface area contributed by atoms with Crippen molar-refractivity contribution < 1.29 is 9.53 Å². The van der Waals surface area contributed by atoms with Crippen molar-refractivity contribution in [3.05, 3.63) is 87.1 Å². The molecule has 3 aromatic rings. The third-order valence-corrected chi connectivity index (χ3v) is 4.51. The third kappa shape index (κ3) is 2.97. The van der Waals surface area contributed by atoms with Crippen LogP contribution in [0.2, 0.25) is 0 Å². The van der Waals surface area contributed by atoms with Crippen LogP contribution in [0.1, 0.15) is 11.1 Å². The predicted octanol–water partition coefficient (Wildman–Crippen LogP) is 4.79. The highest BCUT2D eigenvalue weighted by atomic mass is 127. The lowest BCUT2D eigenvalue weighted by atomic mass is 10.1. The molecule has 116 valence electrons. The number of ether oxygens (including phenoxy) is 1. The summed E-state index contributed by atoms with van der Waals surface area (Å²) in [4.78, 5) is 16.5. The largest absolute Gasteiger partial charge is 0.402 e. The Bertz CT molecular complexity index is 1000. The predicted molar refractivity (Wildman–Crippen MR) is 104 cm³/mol. The molecule has 0 radical (unpaired) electrons. The minimum Gasteiger partial charge on any atom is -0.402 e. The first-order valence-electron chi connectivity index (χ1n) is 7.46. The van der Waals surface area contributed by atoms with Gasteiger partial charge in [0.2, 0.25) is 5.90 Å². The van der Waals surface area contributed by atoms with Gasteiger partial charge in [-0.15, -0.1) is 0 Å². The summed E-state index contributed by atoms with van der Waals surface area (Å²) in [5, 5.41) is 2.23. The standard InChI is InChI=1S/C20H12INO2/c21-17-9-5-13(6-10-17)11-18-20(23)24-19(22-18)16-8-7-14-3-1-2-4-15(14)12-16/h1-12H/b18-11-. The molecule has 4 rings (SSSR count). The molecule has 3 nitrogen and oxygen atoms in total. The van der Waals surface area contributed by atoms with Crippen LogP contribution in [0, 0.1) is 3.57 Å². The minimum absolute atomic E-state index is 0.319. The van der Waals surface area contributed by atoms with Crippen LogP contribution in [0.15, 0.2) is 77.4 Å². The maximum atomic E-state index is 12.1. The van der Waals surface area contributed by atoms with Crippen LogP contribution in [-0.2, 0) is 9.53 Å². The Balaban J connectivity index is 1.70. The van der Waals surface area contributed by atoms with Gasteiger partial charge in [-0.3, -0.25) is 0 Å². The summed E-state index contributed by atoms with van der Waals surface area (Å²) in [5.41, 5.74) is 2.04. The van der Waals surface area contributed by atoms with Crippen molar-refractivity contribution in [2.75, 3.05) is 0 Å². The van der Waals surface area contributed by atoms with E-state index in [0.717, 1.165) is 25.5 Å². The lowest BCUT2D eigenvalue weighted by Gasteiger charge is -2.02. The number of carbonyl (C=O) groups excluding carboxylic acids is 1. The Morgan fingerprint density at radius 2 is 1.67 bits per heavy atom. The Morgan fingerprint density at radius 1 is 0.917 bits per heavy atom. The molecule has 4 heteroatoms. The zero-order valence-corrected chi connectivity index (χ0v) is 14.7. The third-order valence-electron chi connectivity index (χ3n) is 3.79. The molecule has 0 saturated carbocycles. The van der Waals surface area contributed by atoms with Crippen LogP contribution in [0.3, 0.4) is 0 Å². The number of aliphatic imine (C=N–C) groups is 1. The molecule has 0 atom stereocenters. The first-order chi connectivity index (χ1) is 11.7. The Hall–Kier alpha value is -2.47. The van der Waals surface area contributed by atoms with Crippen LogP contribution in [-0.4, -0.2) is 11.9 Å². The van der Waals surface area contributed by atoms with Gasteiger partial charge in [0.15, 0.2) is 5.70 Å². The molecule has 0 amide bonds. The van der Waals surface area contributed by atoms with E-state index < -0.39 is 5.97 Å². The van der Waals surface area contributed by atoms with E-state index in [1.54, 1.807) is 6.08 Å². The highest BCUT2D eigenvalue weighted by Gasteiger charge is 2.24. The van der Waals surface area contributed by atoms with Crippen molar-refractivity contribution in [3.8, 4) is 0 Å². The molecule has 1 aliphatic heterocycles. The molecule has 24 heavy (non-hydrogen) atoms. The van der Waals surface area contributed by atoms with Gasteiger partial charge in [0.25, 0.3) is 0 Å². The number of cyclic esters (lactones) is 1. The Morgan fingerprint density at radius 3 is 2.46 bits per heavy atom. The fraction of sp³-hybridized carbons (Fsp3) is 0. The monoisotopic (exact) mass is 425 g/mol. The van der Waals surface area contributed by atoms with Gasteiger partial charge in [-0.1, -0.05) is 42.5 Å². The summed E-state index contributed by atoms with van der Waals surface area (Å²) in [7, 11) is 0. The average molecular weight is 425 g/mol. The van der Waals surface area contributed by atoms with Crippen molar-refractivity contribution in [1.29, 1.82) is 0 Å². The second-order valence-corrected chi connectivity index (χ2v) is 6.70. The van der Waals surface area contributed by atoms with Gasteiger partial charge in [0.1, 0.15) is 0 Å². The molecule has 1 heterocycles. The fourth-order valence-electron chi connectivity index (χ4n) is 2.57. The second-order valence-electron chi connectivity index (χ2n) is 5.45. The van der Waals surface area contributed by atoms with Gasteiger partial charge in [0.05, 0.1) is 0 Å². The van der Waals surface area contributed by atoms with Crippen molar-refractivity contribution in [3.63, 3.8) is 0 Å². The lowest BCUT2D eigenvalue weighted by molar-refractivity contribution is -0.129. The highest BCUT2D eigenvalue weighted by molar-refractivity contribution is 14.1. The van der Waals surface area contributed by atoms with Crippen molar-refractivity contribution in [1.82, 2.24) is 0 Å². The van der Waals surface area contributed by atoms with E-state index in [-0.39, 0.29) is 0 Å². The number of hydrogen-bond acceptors (Lipinski definition) is 3. The molecule has 0 N–H and O–H groups in total. The van der Waals surface area contributed by atoms with E-state index >= 15 is 0 Å². The molecule has 3 aromatic carbocycles. The Labute approximate surface area is 152 Å². The lowest BCUT2D eigenvalue weighted by Crippen LogP contribution is -2.05. The summed E-state index contributed by atoms with van der Waals surface area (Å²) in [6, 6.07) is 21.8. The SMILES string of the molecule is O=C1OC(c2ccc3ccccc3c2)=N/C1=C\c1ccc(I)cc1. The topological polar surface area (TPSA) is 38.7 Å². The van der Waals surface area contributed by atoms with Crippen molar-refractivity contribution in [2.24, 2.45) is 4.99 Å². The normalized spacial score (nSPS) is 15.6. The molecule has 0 unspecified atom stereocenters. The van der Waals surface area contributed by atoms with Gasteiger partial charge in [0, 0.05) is 9.13 Å². The van der Waals surface area contributed by atoms with E-state index in [9.17, 15) is 4.79 Å². The molecule has 1 aliphatic rings. The van der Waals surface area contributed by atoms with E-state index in [2.05, 4.69) is 27.6 Å². The molecule has 0 bridgehead atoms. The smallest absolute Gasteiger partial charge is 0.363 e. The van der Waals surface area contributed by atoms with Gasteiger partial charge in [-0.05, 0) is 69.3 Å². The first-order valence-corrected chi connectivity index (χ1v) is 8.54. The number of hydrogen-bond donors (Lipinski definition) is 0. The van der Waals surface area contributed by atoms with Crippen LogP contribution >= 0.6 is 22.6 Å². The number of fused-ring (bicyclic) bond motifs is 1. The van der Waals surface area contributed by atoms with E-state index in [0.29, 0.717) is 11.6 Å². The van der Waals surface area contributed by atoms with E-state index in [1.165, 1.54) is 0 Å². The van der Waals surface area contributed by atoms with E-state index in [1.807, 2.05) is 66.7 Å². The molecular weight excluding hydrogens is 413 g/mol. The molecule has 0 fully saturated rings. The number of nitrogens with zero attached hydrogens (tertiary/aromatic N) is 1. The molecule has 0 aliphatic carbocycles. The molecule has 0 aromatic heterocycles. The summed E-state index contributed by atoms with van der Waals surface area (Å²) in [6.45, 7) is 0. The van der Waals surface area contributed by atoms with Crippen LogP contribution in [0.5, 0.6) is 0 Å². The first kappa shape index (κ1) is 15.1. The number of rotatable bonds is 2. The number of halogens is 1. The zero-order valence-electron chi connectivity index (χ0n) is 12.6. The quantitative estimate of drug-likeness (QED) is 0.337. The van der Waals surface area contributed by atoms with Crippen molar-refractivity contribution >= 4 is 51.3 Å². The minimum atomic E-state index is -0.420. The molecular formula is C20H12INO2. The van der Waals surface area contributed by atoms with Crippen LogP contribution in [0.25, 0.3) is 16.8 Å². The fourth-order valence-corrected chi connectivity index (χ4v) is 2.93. The van der Waals surface area contributed by atoms with E-state index in [4.69, 9.17) is 4.74 Å². The summed E-state index contributed by atoms with van der Waals surface area (Å²) in [5.74, 6) is -0.0702. The number of carbonyl (C=O) groups is 1. The number of benzene rings is 3. The zero-order chi connectivity index (χ0) is 16.5. The maximum absolute atomic E-state index is 12.1. The average Bonchev–Trinajstić information content (AvgIpc) is 2.97. The summed E-state index contributed by atoms with van der Waals surface area (Å²) in [6.07, 6.45) is 1.74. The van der Waals surface area contributed by atoms with Gasteiger partial charge >= 0.3 is 5.97 Å². The highest BCUT2D eigenvalue weighted by Crippen LogP contribution is 2.22. The summed E-state index contributed by atoms with van der Waals surface area (Å²) >= 11 is 2.24. The van der Waals surface area contributed by atoms with Gasteiger partial charge in [-0.25, -0.2) is 9.79 Å². The second kappa shape index (κ2) is 6.20. The van der Waals surface area contributed by atoms with Crippen LogP contribution in [0.4, 0.5) is 0 Å². The maximum Gasteiger partial charge on any atom is 0.363 e. The van der Waals surface area contributed by atoms with Gasteiger partial charge in [-0.2, -0.15) is 0 Å². The van der Waals surface area contributed by atoms with Crippen LogP contribution < -0.4 is 0 Å². The summed E-state index contributed by atoms with van der Waals surface area (Å²) < 4.78 is 6.49.